The van der Waals surface area contributed by atoms with E-state index in [0.717, 1.165) is 31.3 Å². The highest BCUT2D eigenvalue weighted by Gasteiger charge is 2.66. The number of carboxylic acid groups (broad SMARTS) is 2. The molecule has 6 unspecified atom stereocenters. The van der Waals surface area contributed by atoms with Gasteiger partial charge in [-0.25, -0.2) is 0 Å². The number of aliphatic hydroxyl groups is 1. The zero-order valence-electron chi connectivity index (χ0n) is 15.4. The van der Waals surface area contributed by atoms with Gasteiger partial charge in [-0.05, 0) is 74.7 Å². The first-order valence-corrected chi connectivity index (χ1v) is 9.29. The molecular formula is C20H30O5. The van der Waals surface area contributed by atoms with Crippen LogP contribution in [0.4, 0.5) is 0 Å². The Balaban J connectivity index is 2.09. The van der Waals surface area contributed by atoms with Crippen LogP contribution in [0.5, 0.6) is 0 Å². The highest BCUT2D eigenvalue weighted by atomic mass is 16.4. The fraction of sp³-hybridized carbons (Fsp3) is 0.800. The maximum atomic E-state index is 11.9. The summed E-state index contributed by atoms with van der Waals surface area (Å²) in [5.41, 5.74) is -1.07. The van der Waals surface area contributed by atoms with Crippen molar-refractivity contribution in [2.75, 3.05) is 0 Å². The third kappa shape index (κ3) is 2.38. The van der Waals surface area contributed by atoms with Crippen molar-refractivity contribution in [3.8, 4) is 0 Å². The number of carboxylic acids is 2. The van der Waals surface area contributed by atoms with Gasteiger partial charge in [0.15, 0.2) is 0 Å². The molecule has 0 heterocycles. The van der Waals surface area contributed by atoms with Crippen LogP contribution in [0.3, 0.4) is 0 Å². The number of aliphatic hydroxyl groups excluding tert-OH is 1. The predicted molar refractivity (Wildman–Crippen MR) is 92.9 cm³/mol. The molecular weight excluding hydrogens is 320 g/mol. The molecule has 0 amide bonds. The summed E-state index contributed by atoms with van der Waals surface area (Å²) < 4.78 is 0. The quantitative estimate of drug-likeness (QED) is 0.676. The smallest absolute Gasteiger partial charge is 0.309 e. The first kappa shape index (κ1) is 18.4. The zero-order chi connectivity index (χ0) is 18.8. The van der Waals surface area contributed by atoms with Crippen LogP contribution in [0.1, 0.15) is 59.3 Å². The molecule has 3 aliphatic carbocycles. The van der Waals surface area contributed by atoms with Gasteiger partial charge >= 0.3 is 11.9 Å². The number of hydrogen-bond acceptors (Lipinski definition) is 3. The standard InChI is InChI=1S/C20H30O5/c1-11-12-5-6-14-19(4,10-15(21)22)13(18(2,3)17(24)25)7-8-20(14,9-12)16(11)23/h12-14,16,23H,1,5-10H2,2-4H3,(H,21,22)(H,24,25). The van der Waals surface area contributed by atoms with E-state index in [1.165, 1.54) is 0 Å². The van der Waals surface area contributed by atoms with Crippen LogP contribution in [0.2, 0.25) is 0 Å². The normalized spacial score (nSPS) is 43.6. The lowest BCUT2D eigenvalue weighted by Gasteiger charge is -2.60. The van der Waals surface area contributed by atoms with Crippen molar-refractivity contribution >= 4 is 11.9 Å². The van der Waals surface area contributed by atoms with Gasteiger partial charge < -0.3 is 15.3 Å². The Kier molecular flexibility index (Phi) is 4.10. The maximum Gasteiger partial charge on any atom is 0.309 e. The Hall–Kier alpha value is -1.36. The molecule has 0 aromatic heterocycles. The number of rotatable bonds is 4. The fourth-order valence-electron chi connectivity index (χ4n) is 6.86. The first-order chi connectivity index (χ1) is 11.5. The molecule has 3 aliphatic rings. The van der Waals surface area contributed by atoms with Crippen molar-refractivity contribution in [3.05, 3.63) is 12.2 Å². The largest absolute Gasteiger partial charge is 0.481 e. The van der Waals surface area contributed by atoms with E-state index in [1.807, 2.05) is 6.92 Å². The second-order valence-corrected chi connectivity index (χ2v) is 9.44. The molecule has 3 saturated carbocycles. The summed E-state index contributed by atoms with van der Waals surface area (Å²) in [5.74, 6) is -1.67. The van der Waals surface area contributed by atoms with E-state index < -0.39 is 28.9 Å². The summed E-state index contributed by atoms with van der Waals surface area (Å²) >= 11 is 0. The fourth-order valence-corrected chi connectivity index (χ4v) is 6.86. The molecule has 5 heteroatoms. The molecule has 0 radical (unpaired) electrons. The molecule has 3 rings (SSSR count). The molecule has 0 aromatic rings. The van der Waals surface area contributed by atoms with Gasteiger partial charge in [0.1, 0.15) is 0 Å². The van der Waals surface area contributed by atoms with E-state index in [0.29, 0.717) is 12.3 Å². The summed E-state index contributed by atoms with van der Waals surface area (Å²) in [6, 6.07) is 0. The molecule has 3 N–H and O–H groups in total. The van der Waals surface area contributed by atoms with Crippen LogP contribution in [-0.2, 0) is 9.59 Å². The number of aliphatic carboxylic acids is 2. The first-order valence-electron chi connectivity index (χ1n) is 9.29. The topological polar surface area (TPSA) is 94.8 Å². The average molecular weight is 350 g/mol. The van der Waals surface area contributed by atoms with Crippen molar-refractivity contribution < 1.29 is 24.9 Å². The van der Waals surface area contributed by atoms with Crippen molar-refractivity contribution in [3.63, 3.8) is 0 Å². The van der Waals surface area contributed by atoms with Crippen molar-refractivity contribution in [2.24, 2.45) is 34.0 Å². The van der Waals surface area contributed by atoms with Crippen LogP contribution in [-0.4, -0.2) is 33.4 Å². The Morgan fingerprint density at radius 1 is 1.24 bits per heavy atom. The van der Waals surface area contributed by atoms with E-state index in [9.17, 15) is 24.9 Å². The SMILES string of the molecule is C=C1C2CCC3C(C)(CC(=O)O)C(C(C)(C)C(=O)O)CCC3(C2)C1O. The van der Waals surface area contributed by atoms with E-state index >= 15 is 0 Å². The summed E-state index contributed by atoms with van der Waals surface area (Å²) in [6.07, 6.45) is 3.38. The van der Waals surface area contributed by atoms with Gasteiger partial charge in [-0.15, -0.1) is 0 Å². The lowest BCUT2D eigenvalue weighted by molar-refractivity contribution is -0.181. The Bertz CT molecular complexity index is 624. The van der Waals surface area contributed by atoms with Crippen LogP contribution in [0, 0.1) is 34.0 Å². The van der Waals surface area contributed by atoms with Crippen molar-refractivity contribution in [1.29, 1.82) is 0 Å². The second kappa shape index (κ2) is 5.57. The Morgan fingerprint density at radius 3 is 2.44 bits per heavy atom. The van der Waals surface area contributed by atoms with E-state index in [-0.39, 0.29) is 23.7 Å². The van der Waals surface area contributed by atoms with Crippen molar-refractivity contribution in [1.82, 2.24) is 0 Å². The Morgan fingerprint density at radius 2 is 1.88 bits per heavy atom. The monoisotopic (exact) mass is 350 g/mol. The summed E-state index contributed by atoms with van der Waals surface area (Å²) in [4.78, 5) is 23.6. The minimum absolute atomic E-state index is 0.0129. The van der Waals surface area contributed by atoms with E-state index in [1.54, 1.807) is 13.8 Å². The summed E-state index contributed by atoms with van der Waals surface area (Å²) in [6.45, 7) is 9.49. The van der Waals surface area contributed by atoms with E-state index in [4.69, 9.17) is 0 Å². The minimum atomic E-state index is -0.997. The third-order valence-electron chi connectivity index (χ3n) is 7.99. The van der Waals surface area contributed by atoms with Gasteiger partial charge in [-0.1, -0.05) is 13.5 Å². The molecule has 3 fully saturated rings. The van der Waals surface area contributed by atoms with E-state index in [2.05, 4.69) is 6.58 Å². The lowest BCUT2D eigenvalue weighted by atomic mass is 9.43. The molecule has 0 aliphatic heterocycles. The highest BCUT2D eigenvalue weighted by molar-refractivity contribution is 5.75. The minimum Gasteiger partial charge on any atom is -0.481 e. The predicted octanol–water partition coefficient (Wildman–Crippen LogP) is 3.32. The third-order valence-corrected chi connectivity index (χ3v) is 7.99. The number of carbonyl (C=O) groups is 2. The molecule has 140 valence electrons. The van der Waals surface area contributed by atoms with Gasteiger partial charge in [0.2, 0.25) is 0 Å². The number of fused-ring (bicyclic) bond motifs is 1. The lowest BCUT2D eigenvalue weighted by Crippen LogP contribution is -2.58. The number of hydrogen-bond donors (Lipinski definition) is 3. The maximum absolute atomic E-state index is 11.9. The van der Waals surface area contributed by atoms with Gasteiger partial charge in [0.25, 0.3) is 0 Å². The molecule has 0 aromatic carbocycles. The van der Waals surface area contributed by atoms with Gasteiger partial charge in [0, 0.05) is 5.41 Å². The van der Waals surface area contributed by atoms with Crippen LogP contribution in [0.25, 0.3) is 0 Å². The molecule has 25 heavy (non-hydrogen) atoms. The highest BCUT2D eigenvalue weighted by Crippen LogP contribution is 2.70. The summed E-state index contributed by atoms with van der Waals surface area (Å²) in [7, 11) is 0. The molecule has 2 bridgehead atoms. The Labute approximate surface area is 149 Å². The molecule has 5 nitrogen and oxygen atoms in total. The average Bonchev–Trinajstić information content (AvgIpc) is 2.67. The van der Waals surface area contributed by atoms with Crippen LogP contribution < -0.4 is 0 Å². The zero-order valence-corrected chi connectivity index (χ0v) is 15.4. The van der Waals surface area contributed by atoms with Crippen LogP contribution in [0.15, 0.2) is 12.2 Å². The van der Waals surface area contributed by atoms with Gasteiger partial charge in [0.05, 0.1) is 17.9 Å². The van der Waals surface area contributed by atoms with Gasteiger partial charge in [-0.3, -0.25) is 9.59 Å². The molecule has 0 saturated heterocycles. The molecule has 6 atom stereocenters. The summed E-state index contributed by atoms with van der Waals surface area (Å²) in [5, 5.41) is 30.3. The molecule has 1 spiro atoms. The van der Waals surface area contributed by atoms with Gasteiger partial charge in [-0.2, -0.15) is 0 Å². The van der Waals surface area contributed by atoms with Crippen LogP contribution >= 0.6 is 0 Å². The second-order valence-electron chi connectivity index (χ2n) is 9.44. The van der Waals surface area contributed by atoms with Crippen molar-refractivity contribution in [2.45, 2.75) is 65.4 Å².